The van der Waals surface area contributed by atoms with E-state index in [1.165, 1.54) is 0 Å². The SMILES string of the molecule is CS(=O)(=O)NC[C@H]1CCCCN1C(=O)NCc1ccco1. The smallest absolute Gasteiger partial charge is 0.318 e. The van der Waals surface area contributed by atoms with Crippen LogP contribution in [0.1, 0.15) is 25.0 Å². The lowest BCUT2D eigenvalue weighted by molar-refractivity contribution is 0.151. The molecule has 1 aromatic rings. The van der Waals surface area contributed by atoms with Gasteiger partial charge in [0.05, 0.1) is 19.1 Å². The molecule has 2 rings (SSSR count). The molecule has 0 spiro atoms. The Morgan fingerprint density at radius 3 is 2.95 bits per heavy atom. The van der Waals surface area contributed by atoms with Crippen LogP contribution in [0.15, 0.2) is 22.8 Å². The van der Waals surface area contributed by atoms with Crippen LogP contribution in [-0.2, 0) is 16.6 Å². The van der Waals surface area contributed by atoms with Crippen molar-refractivity contribution in [2.45, 2.75) is 31.8 Å². The van der Waals surface area contributed by atoms with Crippen molar-refractivity contribution in [3.8, 4) is 0 Å². The van der Waals surface area contributed by atoms with Crippen LogP contribution in [0, 0.1) is 0 Å². The number of piperidine rings is 1. The van der Waals surface area contributed by atoms with Crippen molar-refractivity contribution in [3.63, 3.8) is 0 Å². The molecule has 0 bridgehead atoms. The van der Waals surface area contributed by atoms with E-state index >= 15 is 0 Å². The van der Waals surface area contributed by atoms with Gasteiger partial charge in [0.15, 0.2) is 0 Å². The first kappa shape index (κ1) is 15.8. The molecule has 0 aliphatic carbocycles. The van der Waals surface area contributed by atoms with E-state index in [1.54, 1.807) is 23.3 Å². The van der Waals surface area contributed by atoms with E-state index in [-0.39, 0.29) is 18.6 Å². The van der Waals surface area contributed by atoms with Crippen molar-refractivity contribution in [3.05, 3.63) is 24.2 Å². The first-order chi connectivity index (χ1) is 9.96. The van der Waals surface area contributed by atoms with Crippen molar-refractivity contribution in [1.29, 1.82) is 0 Å². The van der Waals surface area contributed by atoms with Gasteiger partial charge in [-0.3, -0.25) is 0 Å². The number of carbonyl (C=O) groups is 1. The molecule has 0 unspecified atom stereocenters. The summed E-state index contributed by atoms with van der Waals surface area (Å²) in [6.07, 6.45) is 5.41. The highest BCUT2D eigenvalue weighted by Gasteiger charge is 2.27. The number of furan rings is 1. The van der Waals surface area contributed by atoms with Gasteiger partial charge in [0.2, 0.25) is 10.0 Å². The number of likely N-dealkylation sites (tertiary alicyclic amines) is 1. The maximum absolute atomic E-state index is 12.2. The molecule has 0 saturated carbocycles. The number of sulfonamides is 1. The molecule has 1 saturated heterocycles. The molecule has 0 radical (unpaired) electrons. The Morgan fingerprint density at radius 1 is 1.48 bits per heavy atom. The number of amides is 2. The van der Waals surface area contributed by atoms with Crippen LogP contribution < -0.4 is 10.0 Å². The van der Waals surface area contributed by atoms with Crippen molar-refractivity contribution < 1.29 is 17.6 Å². The van der Waals surface area contributed by atoms with E-state index < -0.39 is 10.0 Å². The van der Waals surface area contributed by atoms with Gasteiger partial charge in [-0.15, -0.1) is 0 Å². The third kappa shape index (κ3) is 5.05. The molecule has 1 aliphatic rings. The minimum absolute atomic E-state index is 0.106. The first-order valence-electron chi connectivity index (χ1n) is 6.97. The van der Waals surface area contributed by atoms with Gasteiger partial charge in [-0.25, -0.2) is 17.9 Å². The fraction of sp³-hybridized carbons (Fsp3) is 0.615. The van der Waals surface area contributed by atoms with Gasteiger partial charge >= 0.3 is 6.03 Å². The summed E-state index contributed by atoms with van der Waals surface area (Å²) in [4.78, 5) is 13.9. The van der Waals surface area contributed by atoms with E-state index in [4.69, 9.17) is 4.42 Å². The van der Waals surface area contributed by atoms with Crippen molar-refractivity contribution in [2.24, 2.45) is 0 Å². The van der Waals surface area contributed by atoms with Gasteiger partial charge < -0.3 is 14.6 Å². The molecule has 1 atom stereocenters. The van der Waals surface area contributed by atoms with Crippen molar-refractivity contribution in [1.82, 2.24) is 14.9 Å². The molecular weight excluding hydrogens is 294 g/mol. The van der Waals surface area contributed by atoms with E-state index in [9.17, 15) is 13.2 Å². The standard InChI is InChI=1S/C13H21N3O4S/c1-21(18,19)15-9-11-5-2-3-7-16(11)13(17)14-10-12-6-4-8-20-12/h4,6,8,11,15H,2-3,5,7,9-10H2,1H3,(H,14,17)/t11-/m1/s1. The number of hydrogen-bond donors (Lipinski definition) is 2. The largest absolute Gasteiger partial charge is 0.467 e. The van der Waals surface area contributed by atoms with Gasteiger partial charge in [0.1, 0.15) is 5.76 Å². The zero-order valence-corrected chi connectivity index (χ0v) is 12.9. The first-order valence-corrected chi connectivity index (χ1v) is 8.86. The molecule has 118 valence electrons. The summed E-state index contributed by atoms with van der Waals surface area (Å²) in [5.74, 6) is 0.686. The number of nitrogens with zero attached hydrogens (tertiary/aromatic N) is 1. The number of urea groups is 1. The predicted molar refractivity (Wildman–Crippen MR) is 78.1 cm³/mol. The molecule has 2 heterocycles. The minimum Gasteiger partial charge on any atom is -0.467 e. The van der Waals surface area contributed by atoms with Gasteiger partial charge in [-0.1, -0.05) is 0 Å². The van der Waals surface area contributed by atoms with Gasteiger partial charge in [0, 0.05) is 19.1 Å². The molecule has 21 heavy (non-hydrogen) atoms. The Bertz CT molecular complexity index is 556. The van der Waals surface area contributed by atoms with Crippen LogP contribution in [0.25, 0.3) is 0 Å². The zero-order chi connectivity index (χ0) is 15.3. The molecule has 7 nitrogen and oxygen atoms in total. The lowest BCUT2D eigenvalue weighted by Crippen LogP contribution is -2.52. The van der Waals surface area contributed by atoms with Gasteiger partial charge in [-0.2, -0.15) is 0 Å². The third-order valence-electron chi connectivity index (χ3n) is 3.46. The summed E-state index contributed by atoms with van der Waals surface area (Å²) in [7, 11) is -3.24. The Morgan fingerprint density at radius 2 is 2.29 bits per heavy atom. The molecule has 1 aliphatic heterocycles. The quantitative estimate of drug-likeness (QED) is 0.844. The minimum atomic E-state index is -3.24. The second-order valence-corrected chi connectivity index (χ2v) is 7.03. The molecule has 1 aromatic heterocycles. The van der Waals surface area contributed by atoms with Crippen LogP contribution in [0.3, 0.4) is 0 Å². The van der Waals surface area contributed by atoms with Crippen LogP contribution in [0.5, 0.6) is 0 Å². The molecule has 1 fully saturated rings. The average Bonchev–Trinajstić information content (AvgIpc) is 2.95. The molecule has 8 heteroatoms. The second-order valence-electron chi connectivity index (χ2n) is 5.20. The molecule has 2 amide bonds. The number of hydrogen-bond acceptors (Lipinski definition) is 4. The monoisotopic (exact) mass is 315 g/mol. The number of carbonyl (C=O) groups excluding carboxylic acids is 1. The van der Waals surface area contributed by atoms with E-state index in [2.05, 4.69) is 10.0 Å². The van der Waals surface area contributed by atoms with Gasteiger partial charge in [-0.05, 0) is 31.4 Å². The molecular formula is C13H21N3O4S. The Kier molecular flexibility index (Phi) is 5.24. The van der Waals surface area contributed by atoms with Crippen LogP contribution in [-0.4, -0.2) is 44.7 Å². The highest BCUT2D eigenvalue weighted by molar-refractivity contribution is 7.88. The van der Waals surface area contributed by atoms with Crippen LogP contribution in [0.2, 0.25) is 0 Å². The summed E-state index contributed by atoms with van der Waals surface area (Å²) in [5.41, 5.74) is 0. The summed E-state index contributed by atoms with van der Waals surface area (Å²) < 4.78 is 30.0. The van der Waals surface area contributed by atoms with Crippen molar-refractivity contribution in [2.75, 3.05) is 19.3 Å². The Hall–Kier alpha value is -1.54. The highest BCUT2D eigenvalue weighted by atomic mass is 32.2. The fourth-order valence-corrected chi connectivity index (χ4v) is 2.90. The normalized spacial score (nSPS) is 19.5. The molecule has 2 N–H and O–H groups in total. The average molecular weight is 315 g/mol. The Balaban J connectivity index is 1.89. The summed E-state index contributed by atoms with van der Waals surface area (Å²) in [6.45, 7) is 1.22. The number of rotatable bonds is 5. The maximum Gasteiger partial charge on any atom is 0.318 e. The second kappa shape index (κ2) is 6.95. The van der Waals surface area contributed by atoms with Crippen LogP contribution in [0.4, 0.5) is 4.79 Å². The summed E-state index contributed by atoms with van der Waals surface area (Å²) >= 11 is 0. The summed E-state index contributed by atoms with van der Waals surface area (Å²) in [6, 6.07) is 3.26. The highest BCUT2D eigenvalue weighted by Crippen LogP contribution is 2.17. The topological polar surface area (TPSA) is 91.7 Å². The van der Waals surface area contributed by atoms with Gasteiger partial charge in [0.25, 0.3) is 0 Å². The lowest BCUT2D eigenvalue weighted by atomic mass is 10.0. The predicted octanol–water partition coefficient (Wildman–Crippen LogP) is 0.893. The van der Waals surface area contributed by atoms with Crippen LogP contribution >= 0.6 is 0 Å². The van der Waals surface area contributed by atoms with E-state index in [0.717, 1.165) is 25.5 Å². The van der Waals surface area contributed by atoms with Crippen molar-refractivity contribution >= 4 is 16.1 Å². The molecule has 0 aromatic carbocycles. The van der Waals surface area contributed by atoms with E-state index in [1.807, 2.05) is 0 Å². The maximum atomic E-state index is 12.2. The summed E-state index contributed by atoms with van der Waals surface area (Å²) in [5, 5.41) is 2.80. The Labute approximate surface area is 124 Å². The van der Waals surface area contributed by atoms with E-state index in [0.29, 0.717) is 18.8 Å². The third-order valence-corrected chi connectivity index (χ3v) is 4.15. The lowest BCUT2D eigenvalue weighted by Gasteiger charge is -2.35. The number of nitrogens with one attached hydrogen (secondary N) is 2. The fourth-order valence-electron chi connectivity index (χ4n) is 2.41. The zero-order valence-electron chi connectivity index (χ0n) is 12.0.